The summed E-state index contributed by atoms with van der Waals surface area (Å²) in [6.07, 6.45) is 0.656. The van der Waals surface area contributed by atoms with E-state index in [-0.39, 0.29) is 29.6 Å². The third kappa shape index (κ3) is 4.97. The summed E-state index contributed by atoms with van der Waals surface area (Å²) in [5, 5.41) is 0. The molecule has 1 aliphatic rings. The zero-order valence-electron chi connectivity index (χ0n) is 16.5. The van der Waals surface area contributed by atoms with Crippen molar-refractivity contribution in [2.24, 2.45) is 5.92 Å². The van der Waals surface area contributed by atoms with Gasteiger partial charge in [-0.05, 0) is 29.2 Å². The molecule has 0 unspecified atom stereocenters. The van der Waals surface area contributed by atoms with Crippen molar-refractivity contribution in [1.82, 2.24) is 9.80 Å². The lowest BCUT2D eigenvalue weighted by atomic mass is 10.0. The highest BCUT2D eigenvalue weighted by Crippen LogP contribution is 2.21. The summed E-state index contributed by atoms with van der Waals surface area (Å²) >= 11 is 0. The highest BCUT2D eigenvalue weighted by atomic mass is 19.1. The zero-order valence-corrected chi connectivity index (χ0v) is 16.5. The van der Waals surface area contributed by atoms with E-state index in [1.165, 1.54) is 12.1 Å². The predicted molar refractivity (Wildman–Crippen MR) is 107 cm³/mol. The van der Waals surface area contributed by atoms with Gasteiger partial charge < -0.3 is 9.80 Å². The molecule has 148 valence electrons. The number of benzene rings is 2. The van der Waals surface area contributed by atoms with Crippen LogP contribution in [0.15, 0.2) is 54.6 Å². The summed E-state index contributed by atoms with van der Waals surface area (Å²) in [6, 6.07) is 15.9. The SMILES string of the molecule is CC(C)[C@@H]1CN(C(=O)Cc2ccccc2)CCC(=O)N1Cc1ccc(F)cc1. The van der Waals surface area contributed by atoms with Crippen LogP contribution >= 0.6 is 0 Å². The molecule has 2 aromatic rings. The maximum absolute atomic E-state index is 13.2. The second-order valence-electron chi connectivity index (χ2n) is 7.71. The van der Waals surface area contributed by atoms with Gasteiger partial charge in [0, 0.05) is 26.1 Å². The minimum atomic E-state index is -0.288. The van der Waals surface area contributed by atoms with E-state index in [2.05, 4.69) is 13.8 Å². The Labute approximate surface area is 166 Å². The molecule has 28 heavy (non-hydrogen) atoms. The summed E-state index contributed by atoms with van der Waals surface area (Å²) in [7, 11) is 0. The molecular weight excluding hydrogens is 355 g/mol. The maximum Gasteiger partial charge on any atom is 0.227 e. The first-order valence-corrected chi connectivity index (χ1v) is 9.79. The van der Waals surface area contributed by atoms with Crippen LogP contribution in [0.4, 0.5) is 4.39 Å². The van der Waals surface area contributed by atoms with Gasteiger partial charge in [0.25, 0.3) is 0 Å². The number of nitrogens with zero attached hydrogens (tertiary/aromatic N) is 2. The van der Waals surface area contributed by atoms with Crippen molar-refractivity contribution in [2.75, 3.05) is 13.1 Å². The number of carbonyl (C=O) groups excluding carboxylic acids is 2. The molecule has 0 bridgehead atoms. The second kappa shape index (κ2) is 9.00. The van der Waals surface area contributed by atoms with Gasteiger partial charge in [0.05, 0.1) is 12.5 Å². The van der Waals surface area contributed by atoms with Gasteiger partial charge in [0.15, 0.2) is 0 Å². The minimum Gasteiger partial charge on any atom is -0.340 e. The third-order valence-electron chi connectivity index (χ3n) is 5.31. The van der Waals surface area contributed by atoms with Crippen LogP contribution in [0, 0.1) is 11.7 Å². The van der Waals surface area contributed by atoms with Crippen LogP contribution in [0.5, 0.6) is 0 Å². The largest absolute Gasteiger partial charge is 0.340 e. The Bertz CT molecular complexity index is 805. The fourth-order valence-corrected chi connectivity index (χ4v) is 3.65. The Morgan fingerprint density at radius 2 is 1.75 bits per heavy atom. The Kier molecular flexibility index (Phi) is 6.45. The molecule has 1 atom stereocenters. The van der Waals surface area contributed by atoms with Crippen LogP contribution < -0.4 is 0 Å². The summed E-state index contributed by atoms with van der Waals surface area (Å²) in [4.78, 5) is 29.4. The summed E-state index contributed by atoms with van der Waals surface area (Å²) < 4.78 is 13.2. The summed E-state index contributed by atoms with van der Waals surface area (Å²) in [5.41, 5.74) is 1.87. The lowest BCUT2D eigenvalue weighted by molar-refractivity contribution is -0.134. The molecule has 1 heterocycles. The molecule has 5 heteroatoms. The van der Waals surface area contributed by atoms with E-state index in [1.807, 2.05) is 40.1 Å². The van der Waals surface area contributed by atoms with Crippen LogP contribution in [0.1, 0.15) is 31.4 Å². The monoisotopic (exact) mass is 382 g/mol. The Morgan fingerprint density at radius 1 is 1.07 bits per heavy atom. The molecule has 1 fully saturated rings. The highest BCUT2D eigenvalue weighted by molar-refractivity contribution is 5.82. The minimum absolute atomic E-state index is 0.0398. The van der Waals surface area contributed by atoms with Gasteiger partial charge in [-0.2, -0.15) is 0 Å². The van der Waals surface area contributed by atoms with Gasteiger partial charge in [-0.25, -0.2) is 4.39 Å². The van der Waals surface area contributed by atoms with Crippen molar-refractivity contribution in [3.8, 4) is 0 Å². The third-order valence-corrected chi connectivity index (χ3v) is 5.31. The molecule has 2 amide bonds. The summed E-state index contributed by atoms with van der Waals surface area (Å²) in [6.45, 7) is 5.54. The highest BCUT2D eigenvalue weighted by Gasteiger charge is 2.33. The van der Waals surface area contributed by atoms with E-state index in [0.29, 0.717) is 32.5 Å². The lowest BCUT2D eigenvalue weighted by Crippen LogP contribution is -2.47. The van der Waals surface area contributed by atoms with Crippen molar-refractivity contribution in [2.45, 2.75) is 39.3 Å². The first-order valence-electron chi connectivity index (χ1n) is 9.79. The van der Waals surface area contributed by atoms with E-state index in [4.69, 9.17) is 0 Å². The lowest BCUT2D eigenvalue weighted by Gasteiger charge is -2.35. The van der Waals surface area contributed by atoms with Gasteiger partial charge in [0.1, 0.15) is 5.82 Å². The Hall–Kier alpha value is -2.69. The maximum atomic E-state index is 13.2. The summed E-state index contributed by atoms with van der Waals surface area (Å²) in [5.74, 6) is 0.00452. The van der Waals surface area contributed by atoms with Crippen molar-refractivity contribution < 1.29 is 14.0 Å². The average molecular weight is 382 g/mol. The molecule has 0 N–H and O–H groups in total. The number of hydrogen-bond acceptors (Lipinski definition) is 2. The smallest absolute Gasteiger partial charge is 0.227 e. The van der Waals surface area contributed by atoms with Gasteiger partial charge in [0.2, 0.25) is 11.8 Å². The van der Waals surface area contributed by atoms with E-state index in [1.54, 1.807) is 12.1 Å². The number of halogens is 1. The van der Waals surface area contributed by atoms with Crippen LogP contribution in [0.2, 0.25) is 0 Å². The van der Waals surface area contributed by atoms with Crippen LogP contribution in [0.3, 0.4) is 0 Å². The van der Waals surface area contributed by atoms with Gasteiger partial charge in [-0.1, -0.05) is 56.3 Å². The molecule has 1 saturated heterocycles. The van der Waals surface area contributed by atoms with Crippen molar-refractivity contribution in [1.29, 1.82) is 0 Å². The molecule has 0 spiro atoms. The molecule has 0 aromatic heterocycles. The molecule has 2 aromatic carbocycles. The fraction of sp³-hybridized carbons (Fsp3) is 0.391. The topological polar surface area (TPSA) is 40.6 Å². The molecule has 1 aliphatic heterocycles. The average Bonchev–Trinajstić information content (AvgIpc) is 2.84. The predicted octanol–water partition coefficient (Wildman–Crippen LogP) is 3.65. The fourth-order valence-electron chi connectivity index (χ4n) is 3.65. The molecule has 3 rings (SSSR count). The standard InChI is InChI=1S/C23H27FN2O2/c1-17(2)21-16-25(23(28)14-18-6-4-3-5-7-18)13-12-22(27)26(21)15-19-8-10-20(24)11-9-19/h3-11,17,21H,12-16H2,1-2H3/t21-/m0/s1. The first-order chi connectivity index (χ1) is 13.4. The quantitative estimate of drug-likeness (QED) is 0.792. The zero-order chi connectivity index (χ0) is 20.1. The number of amides is 2. The van der Waals surface area contributed by atoms with Crippen molar-refractivity contribution >= 4 is 11.8 Å². The Morgan fingerprint density at radius 3 is 2.39 bits per heavy atom. The van der Waals surface area contributed by atoms with Gasteiger partial charge in [-0.3, -0.25) is 9.59 Å². The second-order valence-corrected chi connectivity index (χ2v) is 7.71. The van der Waals surface area contributed by atoms with Crippen LogP contribution in [0.25, 0.3) is 0 Å². The van der Waals surface area contributed by atoms with Crippen LogP contribution in [-0.4, -0.2) is 40.7 Å². The van der Waals surface area contributed by atoms with E-state index in [9.17, 15) is 14.0 Å². The van der Waals surface area contributed by atoms with Crippen molar-refractivity contribution in [3.63, 3.8) is 0 Å². The number of carbonyl (C=O) groups is 2. The Balaban J connectivity index is 1.75. The van der Waals surface area contributed by atoms with E-state index >= 15 is 0 Å². The molecular formula is C23H27FN2O2. The molecule has 0 saturated carbocycles. The van der Waals surface area contributed by atoms with Crippen molar-refractivity contribution in [3.05, 3.63) is 71.5 Å². The number of hydrogen-bond donors (Lipinski definition) is 0. The van der Waals surface area contributed by atoms with Gasteiger partial charge in [-0.15, -0.1) is 0 Å². The first kappa shape index (κ1) is 20.1. The van der Waals surface area contributed by atoms with Gasteiger partial charge >= 0.3 is 0 Å². The molecule has 0 radical (unpaired) electrons. The normalized spacial score (nSPS) is 17.7. The molecule has 4 nitrogen and oxygen atoms in total. The van der Waals surface area contributed by atoms with E-state index < -0.39 is 0 Å². The van der Waals surface area contributed by atoms with Crippen LogP contribution in [-0.2, 0) is 22.6 Å². The van der Waals surface area contributed by atoms with E-state index in [0.717, 1.165) is 11.1 Å². The molecule has 0 aliphatic carbocycles. The number of rotatable bonds is 5.